The number of rotatable bonds is 5. The maximum atomic E-state index is 12.3. The van der Waals surface area contributed by atoms with Crippen LogP contribution >= 0.6 is 0 Å². The van der Waals surface area contributed by atoms with Gasteiger partial charge in [0.15, 0.2) is 6.10 Å². The molecule has 1 aromatic carbocycles. The van der Waals surface area contributed by atoms with Crippen LogP contribution in [0.3, 0.4) is 0 Å². The molecule has 3 rings (SSSR count). The van der Waals surface area contributed by atoms with Crippen LogP contribution in [0.25, 0.3) is 11.4 Å². The van der Waals surface area contributed by atoms with Crippen LogP contribution in [0.2, 0.25) is 0 Å². The van der Waals surface area contributed by atoms with Crippen LogP contribution in [0, 0.1) is 0 Å². The summed E-state index contributed by atoms with van der Waals surface area (Å²) >= 11 is 0. The van der Waals surface area contributed by atoms with Crippen molar-refractivity contribution in [2.75, 3.05) is 7.11 Å². The number of benzene rings is 1. The quantitative estimate of drug-likeness (QED) is 0.706. The van der Waals surface area contributed by atoms with E-state index in [4.69, 9.17) is 14.0 Å². The molecule has 25 heavy (non-hydrogen) atoms. The average molecular weight is 341 g/mol. The van der Waals surface area contributed by atoms with Crippen molar-refractivity contribution in [1.82, 2.24) is 15.1 Å². The van der Waals surface area contributed by atoms with Crippen LogP contribution in [0.5, 0.6) is 11.5 Å². The van der Waals surface area contributed by atoms with Crippen molar-refractivity contribution in [2.24, 2.45) is 0 Å². The number of esters is 1. The Kier molecular flexibility index (Phi) is 4.60. The highest BCUT2D eigenvalue weighted by Gasteiger charge is 2.22. The zero-order valence-electron chi connectivity index (χ0n) is 13.5. The minimum absolute atomic E-state index is 0.0156. The van der Waals surface area contributed by atoms with E-state index >= 15 is 0 Å². The maximum Gasteiger partial charge on any atom is 0.342 e. The van der Waals surface area contributed by atoms with Crippen molar-refractivity contribution in [3.05, 3.63) is 54.2 Å². The predicted octanol–water partition coefficient (Wildman–Crippen LogP) is 2.76. The third-order valence-electron chi connectivity index (χ3n) is 3.42. The summed E-state index contributed by atoms with van der Waals surface area (Å²) in [6.45, 7) is 1.59. The van der Waals surface area contributed by atoms with Gasteiger partial charge in [0.2, 0.25) is 5.82 Å². The number of aromatic hydroxyl groups is 1. The van der Waals surface area contributed by atoms with Gasteiger partial charge in [-0.15, -0.1) is 0 Å². The number of carbonyl (C=O) groups is 1. The van der Waals surface area contributed by atoms with Crippen molar-refractivity contribution >= 4 is 5.97 Å². The summed E-state index contributed by atoms with van der Waals surface area (Å²) in [4.78, 5) is 20.4. The van der Waals surface area contributed by atoms with Gasteiger partial charge in [0.25, 0.3) is 5.89 Å². The molecule has 0 aliphatic rings. The molecule has 0 saturated carbocycles. The number of hydrogen-bond donors (Lipinski definition) is 1. The van der Waals surface area contributed by atoms with Crippen molar-refractivity contribution in [3.63, 3.8) is 0 Å². The molecule has 1 unspecified atom stereocenters. The molecule has 0 spiro atoms. The molecule has 0 amide bonds. The number of phenols is 1. The Morgan fingerprint density at radius 3 is 2.88 bits per heavy atom. The Hall–Kier alpha value is -3.42. The van der Waals surface area contributed by atoms with Crippen molar-refractivity contribution in [3.8, 4) is 22.9 Å². The van der Waals surface area contributed by atoms with Gasteiger partial charge in [-0.1, -0.05) is 5.16 Å². The lowest BCUT2D eigenvalue weighted by Gasteiger charge is -2.11. The van der Waals surface area contributed by atoms with Gasteiger partial charge in [0, 0.05) is 18.0 Å². The summed E-state index contributed by atoms with van der Waals surface area (Å²) in [7, 11) is 1.46. The number of phenolic OH excluding ortho intramolecular Hbond substituents is 1. The number of aromatic nitrogens is 3. The summed E-state index contributed by atoms with van der Waals surface area (Å²) in [6.07, 6.45) is 2.44. The maximum absolute atomic E-state index is 12.3. The molecule has 0 aliphatic heterocycles. The molecule has 1 atom stereocenters. The lowest BCUT2D eigenvalue weighted by molar-refractivity contribution is 0.0262. The standard InChI is InChI=1S/C17H15N3O5/c1-10(16-19-15(20-25-16)11-4-3-7-18-9-11)24-17(22)13-8-12(23-2)5-6-14(13)21/h3-10,21H,1-2H3. The van der Waals surface area contributed by atoms with E-state index in [9.17, 15) is 9.90 Å². The molecule has 0 bridgehead atoms. The molecule has 0 saturated heterocycles. The highest BCUT2D eigenvalue weighted by Crippen LogP contribution is 2.26. The van der Waals surface area contributed by atoms with Gasteiger partial charge in [-0.25, -0.2) is 4.79 Å². The lowest BCUT2D eigenvalue weighted by atomic mass is 10.2. The van der Waals surface area contributed by atoms with Gasteiger partial charge in [0.05, 0.1) is 7.11 Å². The minimum Gasteiger partial charge on any atom is -0.507 e. The van der Waals surface area contributed by atoms with Gasteiger partial charge >= 0.3 is 5.97 Å². The van der Waals surface area contributed by atoms with E-state index in [1.807, 2.05) is 0 Å². The first-order chi connectivity index (χ1) is 12.1. The molecule has 8 heteroatoms. The van der Waals surface area contributed by atoms with E-state index < -0.39 is 12.1 Å². The molecular formula is C17H15N3O5. The van der Waals surface area contributed by atoms with Gasteiger partial charge in [0.1, 0.15) is 17.1 Å². The van der Waals surface area contributed by atoms with Crippen molar-refractivity contribution in [2.45, 2.75) is 13.0 Å². The van der Waals surface area contributed by atoms with Crippen LogP contribution in [0.4, 0.5) is 0 Å². The van der Waals surface area contributed by atoms with E-state index in [1.165, 1.54) is 25.3 Å². The first-order valence-corrected chi connectivity index (χ1v) is 7.40. The second-order valence-corrected chi connectivity index (χ2v) is 5.13. The summed E-state index contributed by atoms with van der Waals surface area (Å²) in [6, 6.07) is 7.81. The smallest absolute Gasteiger partial charge is 0.342 e. The molecule has 3 aromatic rings. The highest BCUT2D eigenvalue weighted by molar-refractivity contribution is 5.93. The van der Waals surface area contributed by atoms with E-state index in [1.54, 1.807) is 31.5 Å². The third-order valence-corrected chi connectivity index (χ3v) is 3.42. The van der Waals surface area contributed by atoms with Crippen LogP contribution in [-0.2, 0) is 4.74 Å². The minimum atomic E-state index is -0.795. The number of ether oxygens (including phenoxy) is 2. The second kappa shape index (κ2) is 7.00. The Labute approximate surface area is 143 Å². The molecular weight excluding hydrogens is 326 g/mol. The zero-order chi connectivity index (χ0) is 17.8. The molecule has 0 radical (unpaired) electrons. The fourth-order valence-electron chi connectivity index (χ4n) is 2.09. The third kappa shape index (κ3) is 3.57. The molecule has 0 aliphatic carbocycles. The van der Waals surface area contributed by atoms with E-state index in [0.29, 0.717) is 17.1 Å². The van der Waals surface area contributed by atoms with E-state index in [2.05, 4.69) is 15.1 Å². The van der Waals surface area contributed by atoms with Gasteiger partial charge in [-0.3, -0.25) is 4.98 Å². The number of hydrogen-bond acceptors (Lipinski definition) is 8. The van der Waals surface area contributed by atoms with Gasteiger partial charge in [-0.05, 0) is 37.3 Å². The summed E-state index contributed by atoms with van der Waals surface area (Å²) in [5.41, 5.74) is 0.666. The van der Waals surface area contributed by atoms with Crippen LogP contribution in [0.15, 0.2) is 47.2 Å². The Morgan fingerprint density at radius 2 is 2.16 bits per heavy atom. The van der Waals surface area contributed by atoms with Crippen molar-refractivity contribution < 1.29 is 23.9 Å². The number of nitrogens with zero attached hydrogens (tertiary/aromatic N) is 3. The first kappa shape index (κ1) is 16.4. The topological polar surface area (TPSA) is 108 Å². The van der Waals surface area contributed by atoms with E-state index in [-0.39, 0.29) is 17.2 Å². The highest BCUT2D eigenvalue weighted by atomic mass is 16.6. The van der Waals surface area contributed by atoms with Crippen LogP contribution in [-0.4, -0.2) is 33.3 Å². The van der Waals surface area contributed by atoms with Gasteiger partial charge < -0.3 is 19.1 Å². The largest absolute Gasteiger partial charge is 0.507 e. The predicted molar refractivity (Wildman–Crippen MR) is 86.0 cm³/mol. The molecule has 128 valence electrons. The normalized spacial score (nSPS) is 11.8. The number of pyridine rings is 1. The fourth-order valence-corrected chi connectivity index (χ4v) is 2.09. The number of carbonyl (C=O) groups excluding carboxylic acids is 1. The van der Waals surface area contributed by atoms with E-state index in [0.717, 1.165) is 0 Å². The Morgan fingerprint density at radius 1 is 1.32 bits per heavy atom. The molecule has 8 nitrogen and oxygen atoms in total. The summed E-state index contributed by atoms with van der Waals surface area (Å²) in [5.74, 6) is -0.0384. The monoisotopic (exact) mass is 341 g/mol. The first-order valence-electron chi connectivity index (χ1n) is 7.40. The Balaban J connectivity index is 1.75. The Bertz CT molecular complexity index is 879. The SMILES string of the molecule is COc1ccc(O)c(C(=O)OC(C)c2nc(-c3cccnc3)no2)c1. The zero-order valence-corrected chi connectivity index (χ0v) is 13.5. The number of methoxy groups -OCH3 is 1. The molecule has 2 aromatic heterocycles. The summed E-state index contributed by atoms with van der Waals surface area (Å²) < 4.78 is 15.5. The van der Waals surface area contributed by atoms with Crippen LogP contribution < -0.4 is 4.74 Å². The van der Waals surface area contributed by atoms with Gasteiger partial charge in [-0.2, -0.15) is 4.98 Å². The summed E-state index contributed by atoms with van der Waals surface area (Å²) in [5, 5.41) is 13.7. The fraction of sp³-hybridized carbons (Fsp3) is 0.176. The second-order valence-electron chi connectivity index (χ2n) is 5.13. The lowest BCUT2D eigenvalue weighted by Crippen LogP contribution is -2.10. The molecule has 2 heterocycles. The molecule has 0 fully saturated rings. The average Bonchev–Trinajstić information content (AvgIpc) is 3.13. The van der Waals surface area contributed by atoms with Crippen molar-refractivity contribution in [1.29, 1.82) is 0 Å². The van der Waals surface area contributed by atoms with Crippen LogP contribution in [0.1, 0.15) is 29.3 Å². The molecule has 1 N–H and O–H groups in total.